The van der Waals surface area contributed by atoms with Crippen molar-refractivity contribution < 1.29 is 18.8 Å². The van der Waals surface area contributed by atoms with Crippen LogP contribution in [0, 0.1) is 6.92 Å². The molecule has 3 rings (SSSR count). The number of morpholine rings is 1. The van der Waals surface area contributed by atoms with Crippen LogP contribution in [-0.4, -0.2) is 42.3 Å². The highest BCUT2D eigenvalue weighted by Crippen LogP contribution is 2.16. The Hall–Kier alpha value is -2.42. The van der Waals surface area contributed by atoms with Gasteiger partial charge in [0.1, 0.15) is 17.4 Å². The summed E-state index contributed by atoms with van der Waals surface area (Å²) in [5, 5.41) is 12.3. The number of halogens is 1. The van der Waals surface area contributed by atoms with E-state index in [9.17, 15) is 9.59 Å². The highest BCUT2D eigenvalue weighted by molar-refractivity contribution is 6.04. The third kappa shape index (κ3) is 4.60. The average molecular weight is 381 g/mol. The Bertz CT molecular complexity index is 762. The van der Waals surface area contributed by atoms with Crippen LogP contribution in [0.3, 0.4) is 0 Å². The standard InChI is InChI=1S/C17H20N4O4.ClH/c1-10-14(9-19-25-10)16(22)20-12-3-5-13(6-4-12)21-17(23)15-11(2)24-8-7-18-15;/h3-6,9,11,15,18H,7-8H2,1-2H3,(H,20,22)(H,21,23);1H/t11-,15+;/m1./s1. The van der Waals surface area contributed by atoms with Crippen molar-refractivity contribution in [3.63, 3.8) is 0 Å². The first-order chi connectivity index (χ1) is 12.0. The third-order valence-electron chi connectivity index (χ3n) is 4.00. The molecule has 2 heterocycles. The van der Waals surface area contributed by atoms with Crippen LogP contribution in [0.25, 0.3) is 0 Å². The third-order valence-corrected chi connectivity index (χ3v) is 4.00. The maximum absolute atomic E-state index is 12.3. The summed E-state index contributed by atoms with van der Waals surface area (Å²) >= 11 is 0. The number of amides is 2. The molecule has 8 nitrogen and oxygen atoms in total. The van der Waals surface area contributed by atoms with E-state index >= 15 is 0 Å². The van der Waals surface area contributed by atoms with Gasteiger partial charge in [0.05, 0.1) is 18.9 Å². The Balaban J connectivity index is 0.00000243. The van der Waals surface area contributed by atoms with Gasteiger partial charge in [0, 0.05) is 17.9 Å². The molecule has 0 unspecified atom stereocenters. The Labute approximate surface area is 157 Å². The number of aryl methyl sites for hydroxylation is 1. The summed E-state index contributed by atoms with van der Waals surface area (Å²) in [7, 11) is 0. The van der Waals surface area contributed by atoms with Crippen LogP contribution in [0.5, 0.6) is 0 Å². The lowest BCUT2D eigenvalue weighted by atomic mass is 10.1. The lowest BCUT2D eigenvalue weighted by molar-refractivity contribution is -0.123. The van der Waals surface area contributed by atoms with Gasteiger partial charge in [-0.2, -0.15) is 0 Å². The fourth-order valence-corrected chi connectivity index (χ4v) is 2.60. The second-order valence-corrected chi connectivity index (χ2v) is 5.82. The second kappa shape index (κ2) is 8.79. The summed E-state index contributed by atoms with van der Waals surface area (Å²) in [6.45, 7) is 4.78. The number of hydrogen-bond acceptors (Lipinski definition) is 6. The van der Waals surface area contributed by atoms with E-state index in [1.165, 1.54) is 6.20 Å². The minimum Gasteiger partial charge on any atom is -0.375 e. The summed E-state index contributed by atoms with van der Waals surface area (Å²) in [5.74, 6) is 0.00898. The molecule has 3 N–H and O–H groups in total. The van der Waals surface area contributed by atoms with Gasteiger partial charge in [-0.05, 0) is 38.1 Å². The van der Waals surface area contributed by atoms with E-state index in [0.717, 1.165) is 0 Å². The Morgan fingerprint density at radius 3 is 2.42 bits per heavy atom. The van der Waals surface area contributed by atoms with Gasteiger partial charge in [0.25, 0.3) is 5.91 Å². The number of nitrogens with zero attached hydrogens (tertiary/aromatic N) is 1. The number of ether oxygens (including phenoxy) is 1. The molecule has 1 aliphatic rings. The molecule has 1 aromatic heterocycles. The summed E-state index contributed by atoms with van der Waals surface area (Å²) in [4.78, 5) is 24.4. The molecule has 0 bridgehead atoms. The van der Waals surface area contributed by atoms with Gasteiger partial charge in [-0.25, -0.2) is 0 Å². The summed E-state index contributed by atoms with van der Waals surface area (Å²) in [6.07, 6.45) is 1.19. The van der Waals surface area contributed by atoms with E-state index in [2.05, 4.69) is 21.1 Å². The van der Waals surface area contributed by atoms with E-state index in [1.54, 1.807) is 31.2 Å². The zero-order chi connectivity index (χ0) is 17.8. The van der Waals surface area contributed by atoms with Crippen LogP contribution in [0.4, 0.5) is 11.4 Å². The molecule has 2 aromatic rings. The number of carbonyl (C=O) groups is 2. The highest BCUT2D eigenvalue weighted by atomic mass is 35.5. The smallest absolute Gasteiger partial charge is 0.260 e. The lowest BCUT2D eigenvalue weighted by Gasteiger charge is -2.29. The van der Waals surface area contributed by atoms with E-state index in [0.29, 0.717) is 35.9 Å². The fraction of sp³-hybridized carbons (Fsp3) is 0.353. The number of nitrogens with one attached hydrogen (secondary N) is 3. The topological polar surface area (TPSA) is 105 Å². The monoisotopic (exact) mass is 380 g/mol. The molecule has 1 saturated heterocycles. The predicted molar refractivity (Wildman–Crippen MR) is 98.7 cm³/mol. The molecular weight excluding hydrogens is 360 g/mol. The van der Waals surface area contributed by atoms with E-state index in [-0.39, 0.29) is 36.4 Å². The molecule has 9 heteroatoms. The Morgan fingerprint density at radius 2 is 1.85 bits per heavy atom. The van der Waals surface area contributed by atoms with E-state index in [1.807, 2.05) is 6.92 Å². The van der Waals surface area contributed by atoms with Crippen molar-refractivity contribution in [1.29, 1.82) is 0 Å². The summed E-state index contributed by atoms with van der Waals surface area (Å²) in [6, 6.07) is 6.49. The van der Waals surface area contributed by atoms with Gasteiger partial charge in [-0.15, -0.1) is 12.4 Å². The Morgan fingerprint density at radius 1 is 1.19 bits per heavy atom. The van der Waals surface area contributed by atoms with Crippen LogP contribution < -0.4 is 16.0 Å². The van der Waals surface area contributed by atoms with Gasteiger partial charge in [0.15, 0.2) is 0 Å². The molecule has 0 radical (unpaired) electrons. The number of hydrogen-bond donors (Lipinski definition) is 3. The largest absolute Gasteiger partial charge is 0.375 e. The molecule has 0 spiro atoms. The van der Waals surface area contributed by atoms with Crippen molar-refractivity contribution in [1.82, 2.24) is 10.5 Å². The summed E-state index contributed by atoms with van der Waals surface area (Å²) < 4.78 is 10.4. The van der Waals surface area contributed by atoms with Crippen LogP contribution >= 0.6 is 12.4 Å². The van der Waals surface area contributed by atoms with Crippen LogP contribution in [-0.2, 0) is 9.53 Å². The second-order valence-electron chi connectivity index (χ2n) is 5.82. The minimum atomic E-state index is -0.385. The predicted octanol–water partition coefficient (Wildman–Crippen LogP) is 1.97. The average Bonchev–Trinajstić information content (AvgIpc) is 3.03. The number of aromatic nitrogens is 1. The van der Waals surface area contributed by atoms with Crippen molar-refractivity contribution in [2.45, 2.75) is 26.0 Å². The SMILES string of the molecule is Cc1oncc1C(=O)Nc1ccc(NC(=O)[C@H]2NCCO[C@@H]2C)cc1.Cl. The molecule has 1 aliphatic heterocycles. The van der Waals surface area contributed by atoms with Crippen LogP contribution in [0.1, 0.15) is 23.0 Å². The van der Waals surface area contributed by atoms with Crippen LogP contribution in [0.15, 0.2) is 35.0 Å². The lowest BCUT2D eigenvalue weighted by Crippen LogP contribution is -2.53. The molecule has 0 saturated carbocycles. The quantitative estimate of drug-likeness (QED) is 0.749. The van der Waals surface area contributed by atoms with Crippen molar-refractivity contribution in [2.75, 3.05) is 23.8 Å². The maximum atomic E-state index is 12.3. The first-order valence-corrected chi connectivity index (χ1v) is 8.03. The van der Waals surface area contributed by atoms with Gasteiger partial charge in [-0.1, -0.05) is 5.16 Å². The summed E-state index contributed by atoms with van der Waals surface area (Å²) in [5.41, 5.74) is 1.63. The molecule has 1 fully saturated rings. The number of carbonyl (C=O) groups excluding carboxylic acids is 2. The Kier molecular flexibility index (Phi) is 6.73. The zero-order valence-corrected chi connectivity index (χ0v) is 15.3. The number of anilines is 2. The van der Waals surface area contributed by atoms with Crippen LogP contribution in [0.2, 0.25) is 0 Å². The maximum Gasteiger partial charge on any atom is 0.260 e. The molecule has 2 atom stereocenters. The normalized spacial score (nSPS) is 19.3. The van der Waals surface area contributed by atoms with Gasteiger partial charge in [0.2, 0.25) is 5.91 Å². The molecular formula is C17H21ClN4O4. The highest BCUT2D eigenvalue weighted by Gasteiger charge is 2.28. The molecule has 2 amide bonds. The van der Waals surface area contributed by atoms with Crippen molar-refractivity contribution >= 4 is 35.6 Å². The molecule has 26 heavy (non-hydrogen) atoms. The zero-order valence-electron chi connectivity index (χ0n) is 14.4. The molecule has 140 valence electrons. The first-order valence-electron chi connectivity index (χ1n) is 8.03. The first kappa shape index (κ1) is 19.9. The van der Waals surface area contributed by atoms with Gasteiger partial charge >= 0.3 is 0 Å². The van der Waals surface area contributed by atoms with Gasteiger partial charge in [-0.3, -0.25) is 9.59 Å². The van der Waals surface area contributed by atoms with Crippen molar-refractivity contribution in [2.24, 2.45) is 0 Å². The number of benzene rings is 1. The van der Waals surface area contributed by atoms with Gasteiger partial charge < -0.3 is 25.2 Å². The van der Waals surface area contributed by atoms with E-state index in [4.69, 9.17) is 9.26 Å². The van der Waals surface area contributed by atoms with Crippen molar-refractivity contribution in [3.05, 3.63) is 41.8 Å². The molecule has 0 aliphatic carbocycles. The fourth-order valence-electron chi connectivity index (χ4n) is 2.60. The molecule has 1 aromatic carbocycles. The van der Waals surface area contributed by atoms with E-state index < -0.39 is 0 Å². The number of rotatable bonds is 4. The minimum absolute atomic E-state index is 0. The van der Waals surface area contributed by atoms with Crippen molar-refractivity contribution in [3.8, 4) is 0 Å².